The summed E-state index contributed by atoms with van der Waals surface area (Å²) in [5.74, 6) is 0.896. The van der Waals surface area contributed by atoms with Crippen LogP contribution in [0.25, 0.3) is 11.0 Å². The number of H-pyrrole nitrogens is 1. The van der Waals surface area contributed by atoms with Gasteiger partial charge in [0.1, 0.15) is 17.9 Å². The first-order chi connectivity index (χ1) is 10.6. The zero-order chi connectivity index (χ0) is 15.7. The molecule has 0 spiro atoms. The molecule has 2 aromatic heterocycles. The van der Waals surface area contributed by atoms with Crippen LogP contribution in [0.5, 0.6) is 5.75 Å². The highest BCUT2D eigenvalue weighted by Gasteiger charge is 2.07. The second-order valence-corrected chi connectivity index (χ2v) is 5.56. The molecular formula is C17H19N3O2. The molecule has 2 heterocycles. The number of aromatic nitrogens is 3. The standard InChI is InChI=1S/C17H19N3O2/c1-11-8-12(2)16(13(3)9-11)22-7-6-20-10-19-14-4-5-18-15(14)17(20)21/h4-5,8-10,18H,6-7H2,1-3H3. The second-order valence-electron chi connectivity index (χ2n) is 5.56. The fourth-order valence-electron chi connectivity index (χ4n) is 2.77. The smallest absolute Gasteiger partial charge is 0.277 e. The van der Waals surface area contributed by atoms with Crippen molar-refractivity contribution in [1.29, 1.82) is 0 Å². The number of nitrogens with zero attached hydrogens (tertiary/aromatic N) is 2. The molecule has 3 rings (SSSR count). The van der Waals surface area contributed by atoms with Crippen LogP contribution < -0.4 is 10.3 Å². The Hall–Kier alpha value is -2.56. The van der Waals surface area contributed by atoms with Crippen LogP contribution >= 0.6 is 0 Å². The van der Waals surface area contributed by atoms with E-state index in [-0.39, 0.29) is 5.56 Å². The Balaban J connectivity index is 1.75. The van der Waals surface area contributed by atoms with Crippen molar-refractivity contribution < 1.29 is 4.74 Å². The van der Waals surface area contributed by atoms with Crippen molar-refractivity contribution >= 4 is 11.0 Å². The van der Waals surface area contributed by atoms with Crippen LogP contribution in [0.4, 0.5) is 0 Å². The maximum Gasteiger partial charge on any atom is 0.277 e. The Bertz CT molecular complexity index is 854. The number of benzene rings is 1. The van der Waals surface area contributed by atoms with E-state index in [2.05, 4.69) is 29.0 Å². The summed E-state index contributed by atoms with van der Waals surface area (Å²) < 4.78 is 7.44. The number of aromatic amines is 1. The van der Waals surface area contributed by atoms with Crippen molar-refractivity contribution in [2.45, 2.75) is 27.3 Å². The molecule has 0 amide bonds. The van der Waals surface area contributed by atoms with Crippen LogP contribution in [0.1, 0.15) is 16.7 Å². The van der Waals surface area contributed by atoms with Crippen molar-refractivity contribution in [2.24, 2.45) is 0 Å². The highest BCUT2D eigenvalue weighted by Crippen LogP contribution is 2.24. The minimum Gasteiger partial charge on any atom is -0.491 e. The second kappa shape index (κ2) is 5.67. The molecule has 0 aliphatic rings. The SMILES string of the molecule is Cc1cc(C)c(OCCn2cnc3cc[nH]c3c2=O)c(C)c1. The Morgan fingerprint density at radius 2 is 1.95 bits per heavy atom. The van der Waals surface area contributed by atoms with Gasteiger partial charge in [-0.1, -0.05) is 17.7 Å². The molecule has 114 valence electrons. The predicted molar refractivity (Wildman–Crippen MR) is 86.5 cm³/mol. The molecule has 3 aromatic rings. The monoisotopic (exact) mass is 297 g/mol. The lowest BCUT2D eigenvalue weighted by atomic mass is 10.1. The predicted octanol–water partition coefficient (Wildman–Crippen LogP) is 2.73. The molecule has 22 heavy (non-hydrogen) atoms. The van der Waals surface area contributed by atoms with Crippen LogP contribution in [-0.2, 0) is 6.54 Å². The van der Waals surface area contributed by atoms with Gasteiger partial charge in [0.25, 0.3) is 5.56 Å². The van der Waals surface area contributed by atoms with Crippen molar-refractivity contribution in [3.8, 4) is 5.75 Å². The summed E-state index contributed by atoms with van der Waals surface area (Å²) in [4.78, 5) is 19.4. The van der Waals surface area contributed by atoms with Crippen molar-refractivity contribution in [3.63, 3.8) is 0 Å². The van der Waals surface area contributed by atoms with Crippen molar-refractivity contribution in [1.82, 2.24) is 14.5 Å². The van der Waals surface area contributed by atoms with Gasteiger partial charge in [-0.3, -0.25) is 9.36 Å². The molecule has 0 radical (unpaired) electrons. The third kappa shape index (κ3) is 2.62. The van der Waals surface area contributed by atoms with Gasteiger partial charge in [0.2, 0.25) is 0 Å². The molecular weight excluding hydrogens is 278 g/mol. The van der Waals surface area contributed by atoms with Crippen molar-refractivity contribution in [3.05, 3.63) is 57.8 Å². The first-order valence-electron chi connectivity index (χ1n) is 7.29. The largest absolute Gasteiger partial charge is 0.491 e. The van der Waals surface area contributed by atoms with Crippen LogP contribution in [0.15, 0.2) is 35.5 Å². The fourth-order valence-corrected chi connectivity index (χ4v) is 2.77. The first-order valence-corrected chi connectivity index (χ1v) is 7.29. The Kier molecular flexibility index (Phi) is 3.71. The summed E-state index contributed by atoms with van der Waals surface area (Å²) in [6.45, 7) is 7.04. The van der Waals surface area contributed by atoms with Gasteiger partial charge in [-0.15, -0.1) is 0 Å². The van der Waals surface area contributed by atoms with Crippen LogP contribution in [-0.4, -0.2) is 21.1 Å². The van der Waals surface area contributed by atoms with Crippen LogP contribution in [0.2, 0.25) is 0 Å². The minimum atomic E-state index is -0.0732. The van der Waals surface area contributed by atoms with Gasteiger partial charge in [0, 0.05) is 6.20 Å². The summed E-state index contributed by atoms with van der Waals surface area (Å²) in [7, 11) is 0. The minimum absolute atomic E-state index is 0.0732. The average Bonchev–Trinajstić information content (AvgIpc) is 2.93. The number of ether oxygens (including phenoxy) is 1. The van der Waals surface area contributed by atoms with Crippen LogP contribution in [0.3, 0.4) is 0 Å². The van der Waals surface area contributed by atoms with E-state index in [0.29, 0.717) is 24.2 Å². The summed E-state index contributed by atoms with van der Waals surface area (Å²) in [6.07, 6.45) is 3.29. The molecule has 0 aliphatic carbocycles. The topological polar surface area (TPSA) is 59.9 Å². The Morgan fingerprint density at radius 1 is 1.23 bits per heavy atom. The summed E-state index contributed by atoms with van der Waals surface area (Å²) in [5.41, 5.74) is 4.60. The Labute approximate surface area is 128 Å². The van der Waals surface area contributed by atoms with Gasteiger partial charge in [0.15, 0.2) is 0 Å². The molecule has 5 heteroatoms. The zero-order valence-corrected chi connectivity index (χ0v) is 13.0. The lowest BCUT2D eigenvalue weighted by molar-refractivity contribution is 0.292. The lowest BCUT2D eigenvalue weighted by Gasteiger charge is -2.13. The van der Waals surface area contributed by atoms with E-state index in [0.717, 1.165) is 16.9 Å². The zero-order valence-electron chi connectivity index (χ0n) is 13.0. The van der Waals surface area contributed by atoms with E-state index >= 15 is 0 Å². The average molecular weight is 297 g/mol. The quantitative estimate of drug-likeness (QED) is 0.805. The molecule has 1 N–H and O–H groups in total. The molecule has 0 saturated carbocycles. The molecule has 0 bridgehead atoms. The maximum atomic E-state index is 12.2. The molecule has 0 atom stereocenters. The normalized spacial score (nSPS) is 11.0. The molecule has 0 saturated heterocycles. The fraction of sp³-hybridized carbons (Fsp3) is 0.294. The van der Waals surface area contributed by atoms with Gasteiger partial charge in [0.05, 0.1) is 18.4 Å². The highest BCUT2D eigenvalue weighted by molar-refractivity contribution is 5.73. The number of hydrogen-bond acceptors (Lipinski definition) is 3. The van der Waals surface area contributed by atoms with E-state index in [1.54, 1.807) is 23.2 Å². The summed E-state index contributed by atoms with van der Waals surface area (Å²) >= 11 is 0. The van der Waals surface area contributed by atoms with Gasteiger partial charge >= 0.3 is 0 Å². The molecule has 0 aliphatic heterocycles. The number of hydrogen-bond donors (Lipinski definition) is 1. The van der Waals surface area contributed by atoms with Crippen LogP contribution in [0, 0.1) is 20.8 Å². The third-order valence-electron chi connectivity index (χ3n) is 3.72. The molecule has 0 unspecified atom stereocenters. The van der Waals surface area contributed by atoms with Gasteiger partial charge in [-0.05, 0) is 38.0 Å². The highest BCUT2D eigenvalue weighted by atomic mass is 16.5. The maximum absolute atomic E-state index is 12.2. The summed E-state index contributed by atoms with van der Waals surface area (Å²) in [5, 5.41) is 0. The lowest BCUT2D eigenvalue weighted by Crippen LogP contribution is -2.23. The van der Waals surface area contributed by atoms with E-state index < -0.39 is 0 Å². The number of aryl methyl sites for hydroxylation is 3. The molecule has 0 fully saturated rings. The molecule has 5 nitrogen and oxygen atoms in total. The van der Waals surface area contributed by atoms with Gasteiger partial charge in [-0.25, -0.2) is 4.98 Å². The summed E-state index contributed by atoms with van der Waals surface area (Å²) in [6, 6.07) is 5.98. The Morgan fingerprint density at radius 3 is 2.68 bits per heavy atom. The number of nitrogens with one attached hydrogen (secondary N) is 1. The molecule has 1 aromatic carbocycles. The third-order valence-corrected chi connectivity index (χ3v) is 3.72. The number of rotatable bonds is 4. The van der Waals surface area contributed by atoms with Gasteiger partial charge < -0.3 is 9.72 Å². The van der Waals surface area contributed by atoms with Crippen molar-refractivity contribution in [2.75, 3.05) is 6.61 Å². The van der Waals surface area contributed by atoms with E-state index in [9.17, 15) is 4.79 Å². The number of fused-ring (bicyclic) bond motifs is 1. The first kappa shape index (κ1) is 14.4. The van der Waals surface area contributed by atoms with E-state index in [1.807, 2.05) is 13.8 Å². The van der Waals surface area contributed by atoms with Gasteiger partial charge in [-0.2, -0.15) is 0 Å². The van der Waals surface area contributed by atoms with E-state index in [4.69, 9.17) is 4.74 Å². The van der Waals surface area contributed by atoms with E-state index in [1.165, 1.54) is 5.56 Å².